The number of aromatic nitrogens is 1. The second-order valence-corrected chi connectivity index (χ2v) is 10.0. The number of hydrogen-bond donors (Lipinski definition) is 3. The van der Waals surface area contributed by atoms with Crippen LogP contribution in [0.3, 0.4) is 0 Å². The first kappa shape index (κ1) is 30.8. The molecule has 0 radical (unpaired) electrons. The molecule has 0 saturated heterocycles. The van der Waals surface area contributed by atoms with Crippen LogP contribution in [0.1, 0.15) is 75.3 Å². The Hall–Kier alpha value is -3.75. The molecule has 4 rings (SSSR count). The number of carbonyl (C=O) groups excluding carboxylic acids is 1. The third-order valence-electron chi connectivity index (χ3n) is 6.99. The Morgan fingerprint density at radius 3 is 2.38 bits per heavy atom. The Morgan fingerprint density at radius 1 is 1.07 bits per heavy atom. The van der Waals surface area contributed by atoms with Crippen LogP contribution in [0.2, 0.25) is 0 Å². The number of amides is 1. The lowest BCUT2D eigenvalue weighted by molar-refractivity contribution is -0.117. The van der Waals surface area contributed by atoms with Gasteiger partial charge in [-0.2, -0.15) is 9.56 Å². The lowest BCUT2D eigenvalue weighted by Crippen LogP contribution is -2.33. The zero-order valence-corrected chi connectivity index (χ0v) is 24.5. The predicted molar refractivity (Wildman–Crippen MR) is 162 cm³/mol. The van der Waals surface area contributed by atoms with Crippen molar-refractivity contribution in [2.24, 2.45) is 0 Å². The number of benzene rings is 2. The number of halogens is 1. The molecule has 1 aliphatic heterocycles. The molecule has 0 aliphatic carbocycles. The summed E-state index contributed by atoms with van der Waals surface area (Å²) in [5.41, 5.74) is 8.99. The van der Waals surface area contributed by atoms with Crippen LogP contribution in [0.15, 0.2) is 60.7 Å². The van der Waals surface area contributed by atoms with Crippen molar-refractivity contribution in [3.05, 3.63) is 88.9 Å². The van der Waals surface area contributed by atoms with E-state index in [-0.39, 0.29) is 17.8 Å². The summed E-state index contributed by atoms with van der Waals surface area (Å²) in [5, 5.41) is 14.8. The van der Waals surface area contributed by atoms with Crippen LogP contribution in [-0.2, 0) is 4.79 Å². The number of pyridine rings is 1. The average Bonchev–Trinajstić information content (AvgIpc) is 2.95. The summed E-state index contributed by atoms with van der Waals surface area (Å²) >= 11 is 0. The quantitative estimate of drug-likeness (QED) is 0.202. The van der Waals surface area contributed by atoms with Crippen molar-refractivity contribution in [1.82, 2.24) is 10.3 Å². The maximum absolute atomic E-state index is 13.4. The molecule has 8 heteroatoms. The van der Waals surface area contributed by atoms with Gasteiger partial charge in [-0.3, -0.25) is 15.4 Å². The molecule has 1 amide bonds. The van der Waals surface area contributed by atoms with Gasteiger partial charge >= 0.3 is 0 Å². The molecule has 40 heavy (non-hydrogen) atoms. The molecule has 1 atom stereocenters. The van der Waals surface area contributed by atoms with E-state index in [1.807, 2.05) is 39.0 Å². The van der Waals surface area contributed by atoms with E-state index in [1.54, 1.807) is 24.0 Å². The number of nitrogens with one attached hydrogen (secondary N) is 2. The van der Waals surface area contributed by atoms with Crippen molar-refractivity contribution in [3.8, 4) is 0 Å². The SMILES string of the molecule is CC(=O)N(c1cc(C)c(N(O)Nc2cccc(F)n2)cc1C)[C@H](C)c1ccccc1C1=CCNCC1.CCCC. The lowest BCUT2D eigenvalue weighted by Gasteiger charge is -2.33. The van der Waals surface area contributed by atoms with Crippen LogP contribution in [-0.4, -0.2) is 29.2 Å². The minimum absolute atomic E-state index is 0.0743. The normalized spacial score (nSPS) is 13.4. The number of hydrazine groups is 1. The highest BCUT2D eigenvalue weighted by molar-refractivity contribution is 5.94. The van der Waals surface area contributed by atoms with Gasteiger partial charge in [-0.1, -0.05) is 63.1 Å². The monoisotopic (exact) mass is 547 g/mol. The standard InChI is InChI=1S/C28H32FN5O2.C4H10/c1-18-17-26(34(36)32-28-11-7-10-27(29)31-28)19(2)16-25(18)33(21(4)35)20(3)23-8-5-6-9-24(23)22-12-14-30-15-13-22;1-3-4-2/h5-12,16-17,20,30,36H,13-15H2,1-4H3,(H,31,32);3-4H2,1-2H3/t20-;/m1./s1. The smallest absolute Gasteiger partial charge is 0.224 e. The Bertz CT molecular complexity index is 1320. The van der Waals surface area contributed by atoms with Crippen LogP contribution >= 0.6 is 0 Å². The molecule has 7 nitrogen and oxygen atoms in total. The Kier molecular flexibility index (Phi) is 11.2. The van der Waals surface area contributed by atoms with E-state index in [0.717, 1.165) is 52.6 Å². The summed E-state index contributed by atoms with van der Waals surface area (Å²) in [6, 6.07) is 16.0. The van der Waals surface area contributed by atoms with E-state index < -0.39 is 5.95 Å². The van der Waals surface area contributed by atoms with E-state index >= 15 is 0 Å². The first-order valence-electron chi connectivity index (χ1n) is 14.0. The minimum atomic E-state index is -0.650. The fourth-order valence-corrected chi connectivity index (χ4v) is 4.72. The molecule has 0 saturated carbocycles. The van der Waals surface area contributed by atoms with E-state index in [4.69, 9.17) is 0 Å². The van der Waals surface area contributed by atoms with Gasteiger partial charge in [0.05, 0.1) is 11.7 Å². The summed E-state index contributed by atoms with van der Waals surface area (Å²) in [4.78, 5) is 18.5. The van der Waals surface area contributed by atoms with E-state index in [0.29, 0.717) is 5.69 Å². The molecule has 0 fully saturated rings. The average molecular weight is 548 g/mol. The van der Waals surface area contributed by atoms with E-state index in [2.05, 4.69) is 47.8 Å². The summed E-state index contributed by atoms with van der Waals surface area (Å²) in [6.45, 7) is 13.5. The number of carbonyl (C=O) groups is 1. The first-order chi connectivity index (χ1) is 19.2. The largest absolute Gasteiger partial charge is 0.313 e. The van der Waals surface area contributed by atoms with Crippen molar-refractivity contribution in [1.29, 1.82) is 0 Å². The van der Waals surface area contributed by atoms with Crippen LogP contribution in [0.4, 0.5) is 21.6 Å². The molecular weight excluding hydrogens is 505 g/mol. The number of aryl methyl sites for hydroxylation is 2. The summed E-state index contributed by atoms with van der Waals surface area (Å²) in [7, 11) is 0. The van der Waals surface area contributed by atoms with Crippen LogP contribution < -0.4 is 20.8 Å². The van der Waals surface area contributed by atoms with Gasteiger partial charge in [-0.05, 0) is 85.8 Å². The molecule has 214 valence electrons. The second kappa shape index (κ2) is 14.6. The number of rotatable bonds is 8. The van der Waals surface area contributed by atoms with Gasteiger partial charge in [0, 0.05) is 19.2 Å². The van der Waals surface area contributed by atoms with Crippen molar-refractivity contribution >= 4 is 28.7 Å². The molecule has 0 bridgehead atoms. The number of unbranched alkanes of at least 4 members (excludes halogenated alkanes) is 1. The van der Waals surface area contributed by atoms with Crippen molar-refractivity contribution in [2.45, 2.75) is 66.8 Å². The first-order valence-corrected chi connectivity index (χ1v) is 14.0. The molecule has 2 heterocycles. The summed E-state index contributed by atoms with van der Waals surface area (Å²) < 4.78 is 13.4. The second-order valence-electron chi connectivity index (χ2n) is 10.0. The molecule has 0 unspecified atom stereocenters. The number of anilines is 3. The molecule has 1 aromatic heterocycles. The Balaban J connectivity index is 0.00000103. The van der Waals surface area contributed by atoms with Crippen LogP contribution in [0.25, 0.3) is 5.57 Å². The highest BCUT2D eigenvalue weighted by Crippen LogP contribution is 2.37. The Morgan fingerprint density at radius 2 is 1.75 bits per heavy atom. The van der Waals surface area contributed by atoms with Gasteiger partial charge in [0.25, 0.3) is 0 Å². The third kappa shape index (κ3) is 7.67. The molecule has 2 aromatic carbocycles. The minimum Gasteiger partial charge on any atom is -0.313 e. The van der Waals surface area contributed by atoms with Crippen molar-refractivity contribution in [2.75, 3.05) is 28.6 Å². The maximum atomic E-state index is 13.4. The lowest BCUT2D eigenvalue weighted by atomic mass is 9.91. The Labute approximate surface area is 237 Å². The summed E-state index contributed by atoms with van der Waals surface area (Å²) in [5.74, 6) is -0.556. The van der Waals surface area contributed by atoms with Gasteiger partial charge in [-0.25, -0.2) is 4.98 Å². The van der Waals surface area contributed by atoms with Crippen LogP contribution in [0, 0.1) is 19.8 Å². The zero-order chi connectivity index (χ0) is 29.2. The third-order valence-corrected chi connectivity index (χ3v) is 6.99. The maximum Gasteiger partial charge on any atom is 0.224 e. The van der Waals surface area contributed by atoms with E-state index in [9.17, 15) is 14.4 Å². The highest BCUT2D eigenvalue weighted by atomic mass is 19.1. The van der Waals surface area contributed by atoms with Gasteiger partial charge in [0.2, 0.25) is 11.9 Å². The fraction of sp³-hybridized carbons (Fsp3) is 0.375. The zero-order valence-electron chi connectivity index (χ0n) is 24.5. The molecule has 1 aliphatic rings. The van der Waals surface area contributed by atoms with Crippen molar-refractivity contribution in [3.63, 3.8) is 0 Å². The molecule has 3 N–H and O–H groups in total. The number of nitrogens with zero attached hydrogens (tertiary/aromatic N) is 3. The fourth-order valence-electron chi connectivity index (χ4n) is 4.72. The predicted octanol–water partition coefficient (Wildman–Crippen LogP) is 7.36. The molecular formula is C32H42FN5O2. The van der Waals surface area contributed by atoms with Crippen molar-refractivity contribution < 1.29 is 14.4 Å². The van der Waals surface area contributed by atoms with Gasteiger partial charge in [0.1, 0.15) is 5.82 Å². The molecule has 3 aromatic rings. The van der Waals surface area contributed by atoms with E-state index in [1.165, 1.54) is 30.5 Å². The van der Waals surface area contributed by atoms with Gasteiger partial charge in [0.15, 0.2) is 0 Å². The number of hydrogen-bond acceptors (Lipinski definition) is 6. The summed E-state index contributed by atoms with van der Waals surface area (Å²) in [6.07, 6.45) is 5.80. The topological polar surface area (TPSA) is 80.7 Å². The van der Waals surface area contributed by atoms with Gasteiger partial charge < -0.3 is 10.2 Å². The highest BCUT2D eigenvalue weighted by Gasteiger charge is 2.26. The van der Waals surface area contributed by atoms with Crippen LogP contribution in [0.5, 0.6) is 0 Å². The molecule has 0 spiro atoms. The van der Waals surface area contributed by atoms with Gasteiger partial charge in [-0.15, -0.1) is 0 Å².